The van der Waals surface area contributed by atoms with Crippen LogP contribution >= 0.6 is 0 Å². The number of carboxylic acids is 1. The van der Waals surface area contributed by atoms with Gasteiger partial charge in [-0.15, -0.1) is 0 Å². The van der Waals surface area contributed by atoms with Gasteiger partial charge in [-0.25, -0.2) is 9.18 Å². The molecule has 0 bridgehead atoms. The number of aromatic carboxylic acids is 1. The number of hydrogen-bond acceptors (Lipinski definition) is 3. The van der Waals surface area contributed by atoms with E-state index in [1.54, 1.807) is 24.3 Å². The number of carbonyl (C=O) groups is 2. The Balaban J connectivity index is 1.63. The van der Waals surface area contributed by atoms with Gasteiger partial charge in [0.15, 0.2) is 0 Å². The van der Waals surface area contributed by atoms with Crippen LogP contribution in [0.15, 0.2) is 91.0 Å². The average molecular weight is 523 g/mol. The predicted molar refractivity (Wildman–Crippen MR) is 133 cm³/mol. The SMILES string of the molecule is O=C(O)c1ccc(CNC(=O)c2cc(-c3cccc(CC(F)(F)F)c3)ccc2Oc2ccc(F)cc2)cc1. The second-order valence-electron chi connectivity index (χ2n) is 8.44. The van der Waals surface area contributed by atoms with Crippen LogP contribution in [0.5, 0.6) is 11.5 Å². The summed E-state index contributed by atoms with van der Waals surface area (Å²) in [7, 11) is 0. The third-order valence-electron chi connectivity index (χ3n) is 5.58. The summed E-state index contributed by atoms with van der Waals surface area (Å²) in [6, 6.07) is 21.8. The van der Waals surface area contributed by atoms with Crippen molar-refractivity contribution in [3.8, 4) is 22.6 Å². The topological polar surface area (TPSA) is 75.6 Å². The second-order valence-corrected chi connectivity index (χ2v) is 8.44. The van der Waals surface area contributed by atoms with Gasteiger partial charge >= 0.3 is 12.1 Å². The van der Waals surface area contributed by atoms with Crippen LogP contribution in [0, 0.1) is 5.82 Å². The molecular formula is C29H21F4NO4. The van der Waals surface area contributed by atoms with Gasteiger partial charge in [-0.2, -0.15) is 13.2 Å². The Bertz CT molecular complexity index is 1450. The van der Waals surface area contributed by atoms with E-state index in [0.717, 1.165) is 0 Å². The summed E-state index contributed by atoms with van der Waals surface area (Å²) in [5, 5.41) is 11.8. The van der Waals surface area contributed by atoms with Gasteiger partial charge in [-0.3, -0.25) is 4.79 Å². The Kier molecular flexibility index (Phi) is 7.76. The molecule has 2 N–H and O–H groups in total. The van der Waals surface area contributed by atoms with Gasteiger partial charge in [-0.1, -0.05) is 42.5 Å². The van der Waals surface area contributed by atoms with E-state index in [1.807, 2.05) is 0 Å². The number of nitrogens with one attached hydrogen (secondary N) is 1. The van der Waals surface area contributed by atoms with E-state index in [-0.39, 0.29) is 34.7 Å². The monoisotopic (exact) mass is 523 g/mol. The molecule has 0 aliphatic rings. The predicted octanol–water partition coefficient (Wildman–Crippen LogP) is 7.02. The van der Waals surface area contributed by atoms with Crippen molar-refractivity contribution in [2.24, 2.45) is 0 Å². The molecule has 0 heterocycles. The fraction of sp³-hybridized carbons (Fsp3) is 0.103. The van der Waals surface area contributed by atoms with Crippen molar-refractivity contribution in [3.05, 3.63) is 119 Å². The third-order valence-corrected chi connectivity index (χ3v) is 5.58. The Hall–Kier alpha value is -4.66. The number of alkyl halides is 3. The summed E-state index contributed by atoms with van der Waals surface area (Å²) in [6.45, 7) is 0.0833. The third kappa shape index (κ3) is 6.97. The quantitative estimate of drug-likeness (QED) is 0.244. The summed E-state index contributed by atoms with van der Waals surface area (Å²) in [5.74, 6) is -1.62. The molecule has 0 aliphatic heterocycles. The van der Waals surface area contributed by atoms with Crippen LogP contribution in [0.1, 0.15) is 31.8 Å². The molecule has 0 saturated heterocycles. The summed E-state index contributed by atoms with van der Waals surface area (Å²) in [5.41, 5.74) is 1.93. The van der Waals surface area contributed by atoms with Crippen molar-refractivity contribution in [3.63, 3.8) is 0 Å². The Labute approximate surface area is 215 Å². The number of amides is 1. The van der Waals surface area contributed by atoms with Gasteiger partial charge < -0.3 is 15.2 Å². The van der Waals surface area contributed by atoms with Gasteiger partial charge in [-0.05, 0) is 70.8 Å². The van der Waals surface area contributed by atoms with E-state index in [4.69, 9.17) is 9.84 Å². The van der Waals surface area contributed by atoms with Gasteiger partial charge in [0.1, 0.15) is 17.3 Å². The molecule has 5 nitrogen and oxygen atoms in total. The first-order chi connectivity index (χ1) is 18.1. The average Bonchev–Trinajstić information content (AvgIpc) is 2.88. The molecule has 1 amide bonds. The molecule has 0 aliphatic carbocycles. The van der Waals surface area contributed by atoms with Crippen molar-refractivity contribution < 1.29 is 37.0 Å². The van der Waals surface area contributed by atoms with E-state index in [1.165, 1.54) is 66.7 Å². The first-order valence-corrected chi connectivity index (χ1v) is 11.4. The van der Waals surface area contributed by atoms with Crippen molar-refractivity contribution in [1.82, 2.24) is 5.32 Å². The van der Waals surface area contributed by atoms with E-state index in [9.17, 15) is 27.2 Å². The molecule has 0 radical (unpaired) electrons. The molecular weight excluding hydrogens is 502 g/mol. The molecule has 0 spiro atoms. The van der Waals surface area contributed by atoms with Gasteiger partial charge in [0.25, 0.3) is 5.91 Å². The molecule has 194 valence electrons. The zero-order valence-corrected chi connectivity index (χ0v) is 19.8. The molecule has 4 rings (SSSR count). The fourth-order valence-electron chi connectivity index (χ4n) is 3.74. The maximum absolute atomic E-state index is 13.3. The lowest BCUT2D eigenvalue weighted by Crippen LogP contribution is -2.23. The summed E-state index contributed by atoms with van der Waals surface area (Å²) < 4.78 is 57.8. The van der Waals surface area contributed by atoms with Crippen molar-refractivity contribution in [1.29, 1.82) is 0 Å². The first kappa shape index (κ1) is 26.4. The summed E-state index contributed by atoms with van der Waals surface area (Å²) >= 11 is 0. The highest BCUT2D eigenvalue weighted by Crippen LogP contribution is 2.32. The minimum absolute atomic E-state index is 0.0810. The summed E-state index contributed by atoms with van der Waals surface area (Å²) in [4.78, 5) is 24.2. The number of carboxylic acid groups (broad SMARTS) is 1. The number of benzene rings is 4. The number of ether oxygens (including phenoxy) is 1. The van der Waals surface area contributed by atoms with Crippen LogP contribution < -0.4 is 10.1 Å². The lowest BCUT2D eigenvalue weighted by molar-refractivity contribution is -0.127. The normalized spacial score (nSPS) is 11.2. The zero-order chi connectivity index (χ0) is 27.3. The van der Waals surface area contributed by atoms with E-state index in [2.05, 4.69) is 5.32 Å². The Morgan fingerprint density at radius 3 is 2.16 bits per heavy atom. The van der Waals surface area contributed by atoms with Crippen LogP contribution in [0.4, 0.5) is 17.6 Å². The highest BCUT2D eigenvalue weighted by atomic mass is 19.4. The molecule has 0 unspecified atom stereocenters. The molecule has 0 saturated carbocycles. The fourth-order valence-corrected chi connectivity index (χ4v) is 3.74. The minimum atomic E-state index is -4.36. The summed E-state index contributed by atoms with van der Waals surface area (Å²) in [6.07, 6.45) is -5.44. The van der Waals surface area contributed by atoms with Crippen LogP contribution in [-0.4, -0.2) is 23.2 Å². The van der Waals surface area contributed by atoms with Crippen LogP contribution in [0.2, 0.25) is 0 Å². The van der Waals surface area contributed by atoms with E-state index < -0.39 is 30.3 Å². The van der Waals surface area contributed by atoms with Crippen LogP contribution in [-0.2, 0) is 13.0 Å². The molecule has 9 heteroatoms. The van der Waals surface area contributed by atoms with Gasteiger partial charge in [0.05, 0.1) is 17.5 Å². The number of halogens is 4. The van der Waals surface area contributed by atoms with Crippen molar-refractivity contribution in [2.45, 2.75) is 19.1 Å². The Morgan fingerprint density at radius 1 is 0.816 bits per heavy atom. The van der Waals surface area contributed by atoms with Crippen molar-refractivity contribution in [2.75, 3.05) is 0 Å². The zero-order valence-electron chi connectivity index (χ0n) is 19.8. The smallest absolute Gasteiger partial charge is 0.393 e. The lowest BCUT2D eigenvalue weighted by Gasteiger charge is -2.14. The first-order valence-electron chi connectivity index (χ1n) is 11.4. The molecule has 0 atom stereocenters. The molecule has 0 aromatic heterocycles. The highest BCUT2D eigenvalue weighted by Gasteiger charge is 2.27. The second kappa shape index (κ2) is 11.2. The largest absolute Gasteiger partial charge is 0.478 e. The van der Waals surface area contributed by atoms with Crippen molar-refractivity contribution >= 4 is 11.9 Å². The molecule has 4 aromatic rings. The molecule has 38 heavy (non-hydrogen) atoms. The lowest BCUT2D eigenvalue weighted by atomic mass is 9.99. The van der Waals surface area contributed by atoms with E-state index in [0.29, 0.717) is 16.7 Å². The number of hydrogen-bond donors (Lipinski definition) is 2. The maximum atomic E-state index is 13.3. The standard InChI is InChI=1S/C29H21F4NO4/c30-23-9-11-24(12-10-23)38-26-13-8-22(21-3-1-2-19(14-21)16-29(31,32)33)15-25(26)27(35)34-17-18-4-6-20(7-5-18)28(36)37/h1-15H,16-17H2,(H,34,35)(H,36,37). The van der Waals surface area contributed by atoms with Crippen LogP contribution in [0.25, 0.3) is 11.1 Å². The highest BCUT2D eigenvalue weighted by molar-refractivity contribution is 5.98. The maximum Gasteiger partial charge on any atom is 0.393 e. The number of carbonyl (C=O) groups excluding carboxylic acids is 1. The molecule has 4 aromatic carbocycles. The molecule has 0 fully saturated rings. The van der Waals surface area contributed by atoms with Gasteiger partial charge in [0, 0.05) is 6.54 Å². The van der Waals surface area contributed by atoms with Gasteiger partial charge in [0.2, 0.25) is 0 Å². The van der Waals surface area contributed by atoms with E-state index >= 15 is 0 Å². The number of rotatable bonds is 8. The van der Waals surface area contributed by atoms with Crippen LogP contribution in [0.3, 0.4) is 0 Å². The minimum Gasteiger partial charge on any atom is -0.478 e. The Morgan fingerprint density at radius 2 is 1.50 bits per heavy atom.